The predicted molar refractivity (Wildman–Crippen MR) is 80.8 cm³/mol. The van der Waals surface area contributed by atoms with E-state index in [9.17, 15) is 4.79 Å². The summed E-state index contributed by atoms with van der Waals surface area (Å²) in [5.41, 5.74) is 0.268. The van der Waals surface area contributed by atoms with Crippen LogP contribution in [0.3, 0.4) is 0 Å². The van der Waals surface area contributed by atoms with Crippen molar-refractivity contribution in [2.75, 3.05) is 13.2 Å². The minimum absolute atomic E-state index is 0.268. The molecule has 4 nitrogen and oxygen atoms in total. The van der Waals surface area contributed by atoms with Gasteiger partial charge < -0.3 is 14.6 Å². The standard InChI is InChI=1S/C17H24O4/c1-12-3-6-16(11-13(12)2)21-10-9-20-15-7-4-14(5-8-15)17(18)19/h4-5,7-8,12-13,16H,3,6,9-11H2,1-2H3,(H,18,19). The van der Waals surface area contributed by atoms with Gasteiger partial charge >= 0.3 is 5.97 Å². The molecule has 1 aromatic rings. The second kappa shape index (κ2) is 7.46. The van der Waals surface area contributed by atoms with E-state index in [-0.39, 0.29) is 5.56 Å². The Bertz CT molecular complexity index is 454. The molecule has 0 amide bonds. The molecule has 0 saturated heterocycles. The second-order valence-corrected chi connectivity index (χ2v) is 5.94. The van der Waals surface area contributed by atoms with E-state index in [0.717, 1.165) is 24.7 Å². The van der Waals surface area contributed by atoms with E-state index in [0.29, 0.717) is 25.1 Å². The van der Waals surface area contributed by atoms with Crippen molar-refractivity contribution in [3.8, 4) is 5.75 Å². The van der Waals surface area contributed by atoms with Crippen molar-refractivity contribution < 1.29 is 19.4 Å². The molecule has 2 rings (SSSR count). The largest absolute Gasteiger partial charge is 0.491 e. The van der Waals surface area contributed by atoms with Gasteiger partial charge in [-0.05, 0) is 55.4 Å². The lowest BCUT2D eigenvalue weighted by Gasteiger charge is -2.31. The fourth-order valence-electron chi connectivity index (χ4n) is 2.72. The molecule has 3 atom stereocenters. The third-order valence-corrected chi connectivity index (χ3v) is 4.36. The summed E-state index contributed by atoms with van der Waals surface area (Å²) in [4.78, 5) is 10.7. The normalized spacial score (nSPS) is 25.5. The predicted octanol–water partition coefficient (Wildman–Crippen LogP) is 3.60. The molecule has 4 heteroatoms. The van der Waals surface area contributed by atoms with Crippen LogP contribution in [0, 0.1) is 11.8 Å². The van der Waals surface area contributed by atoms with E-state index in [1.165, 1.54) is 6.42 Å². The van der Waals surface area contributed by atoms with Crippen LogP contribution in [0.2, 0.25) is 0 Å². The number of carboxylic acid groups (broad SMARTS) is 1. The Balaban J connectivity index is 1.66. The topological polar surface area (TPSA) is 55.8 Å². The number of aromatic carboxylic acids is 1. The number of ether oxygens (including phenoxy) is 2. The van der Waals surface area contributed by atoms with Crippen LogP contribution in [0.15, 0.2) is 24.3 Å². The highest BCUT2D eigenvalue weighted by Gasteiger charge is 2.24. The molecular weight excluding hydrogens is 268 g/mol. The number of carboxylic acids is 1. The van der Waals surface area contributed by atoms with E-state index in [4.69, 9.17) is 14.6 Å². The maximum absolute atomic E-state index is 10.7. The summed E-state index contributed by atoms with van der Waals surface area (Å²) >= 11 is 0. The molecule has 116 valence electrons. The Kier molecular flexibility index (Phi) is 5.62. The average molecular weight is 292 g/mol. The van der Waals surface area contributed by atoms with Crippen LogP contribution in [-0.2, 0) is 4.74 Å². The van der Waals surface area contributed by atoms with Crippen LogP contribution in [-0.4, -0.2) is 30.4 Å². The Morgan fingerprint density at radius 3 is 2.48 bits per heavy atom. The number of hydrogen-bond acceptors (Lipinski definition) is 3. The van der Waals surface area contributed by atoms with Gasteiger partial charge in [0.2, 0.25) is 0 Å². The van der Waals surface area contributed by atoms with Crippen molar-refractivity contribution in [2.24, 2.45) is 11.8 Å². The molecule has 3 unspecified atom stereocenters. The van der Waals surface area contributed by atoms with E-state index in [1.807, 2.05) is 0 Å². The van der Waals surface area contributed by atoms with Gasteiger partial charge in [0.15, 0.2) is 0 Å². The van der Waals surface area contributed by atoms with Crippen molar-refractivity contribution >= 4 is 5.97 Å². The first-order valence-corrected chi connectivity index (χ1v) is 7.64. The molecule has 1 saturated carbocycles. The Hall–Kier alpha value is -1.55. The molecule has 0 aliphatic heterocycles. The zero-order valence-electron chi connectivity index (χ0n) is 12.7. The maximum Gasteiger partial charge on any atom is 0.335 e. The van der Waals surface area contributed by atoms with Gasteiger partial charge in [-0.2, -0.15) is 0 Å². The number of carbonyl (C=O) groups is 1. The second-order valence-electron chi connectivity index (χ2n) is 5.94. The smallest absolute Gasteiger partial charge is 0.335 e. The zero-order valence-corrected chi connectivity index (χ0v) is 12.7. The van der Waals surface area contributed by atoms with Crippen molar-refractivity contribution in [3.63, 3.8) is 0 Å². The van der Waals surface area contributed by atoms with Crippen molar-refractivity contribution in [2.45, 2.75) is 39.2 Å². The summed E-state index contributed by atoms with van der Waals surface area (Å²) in [6.07, 6.45) is 3.87. The van der Waals surface area contributed by atoms with Gasteiger partial charge in [0.1, 0.15) is 12.4 Å². The minimum atomic E-state index is -0.925. The Morgan fingerprint density at radius 2 is 1.86 bits per heavy atom. The summed E-state index contributed by atoms with van der Waals surface area (Å²) < 4.78 is 11.4. The minimum Gasteiger partial charge on any atom is -0.491 e. The van der Waals surface area contributed by atoms with E-state index in [2.05, 4.69) is 13.8 Å². The molecule has 0 heterocycles. The number of hydrogen-bond donors (Lipinski definition) is 1. The summed E-state index contributed by atoms with van der Waals surface area (Å²) in [5.74, 6) is 1.28. The average Bonchev–Trinajstić information content (AvgIpc) is 2.47. The maximum atomic E-state index is 10.7. The van der Waals surface area contributed by atoms with Gasteiger partial charge in [-0.3, -0.25) is 0 Å². The third-order valence-electron chi connectivity index (χ3n) is 4.36. The van der Waals surface area contributed by atoms with Gasteiger partial charge in [0.25, 0.3) is 0 Å². The lowest BCUT2D eigenvalue weighted by Crippen LogP contribution is -2.28. The fraction of sp³-hybridized carbons (Fsp3) is 0.588. The van der Waals surface area contributed by atoms with Crippen molar-refractivity contribution in [3.05, 3.63) is 29.8 Å². The molecule has 1 N–H and O–H groups in total. The van der Waals surface area contributed by atoms with Crippen LogP contribution >= 0.6 is 0 Å². The first kappa shape index (κ1) is 15.8. The summed E-state index contributed by atoms with van der Waals surface area (Å²) in [6.45, 7) is 5.67. The van der Waals surface area contributed by atoms with Gasteiger partial charge in [-0.1, -0.05) is 13.8 Å². The summed E-state index contributed by atoms with van der Waals surface area (Å²) in [5, 5.41) is 8.81. The summed E-state index contributed by atoms with van der Waals surface area (Å²) in [7, 11) is 0. The molecule has 1 aromatic carbocycles. The first-order valence-electron chi connectivity index (χ1n) is 7.64. The molecule has 0 bridgehead atoms. The molecule has 1 fully saturated rings. The monoisotopic (exact) mass is 292 g/mol. The number of benzene rings is 1. The number of rotatable bonds is 6. The molecule has 0 radical (unpaired) electrons. The van der Waals surface area contributed by atoms with Crippen molar-refractivity contribution in [1.29, 1.82) is 0 Å². The molecule has 1 aliphatic carbocycles. The van der Waals surface area contributed by atoms with E-state index in [1.54, 1.807) is 24.3 Å². The summed E-state index contributed by atoms with van der Waals surface area (Å²) in [6, 6.07) is 6.44. The van der Waals surface area contributed by atoms with E-state index < -0.39 is 5.97 Å². The first-order chi connectivity index (χ1) is 10.1. The van der Waals surface area contributed by atoms with Crippen LogP contribution in [0.1, 0.15) is 43.5 Å². The quantitative estimate of drug-likeness (QED) is 0.814. The van der Waals surface area contributed by atoms with Crippen LogP contribution in [0.25, 0.3) is 0 Å². The van der Waals surface area contributed by atoms with Crippen molar-refractivity contribution in [1.82, 2.24) is 0 Å². The van der Waals surface area contributed by atoms with Crippen LogP contribution < -0.4 is 4.74 Å². The van der Waals surface area contributed by atoms with Crippen LogP contribution in [0.5, 0.6) is 5.75 Å². The van der Waals surface area contributed by atoms with E-state index >= 15 is 0 Å². The van der Waals surface area contributed by atoms with Gasteiger partial charge in [0.05, 0.1) is 18.3 Å². The zero-order chi connectivity index (χ0) is 15.2. The van der Waals surface area contributed by atoms with Crippen LogP contribution in [0.4, 0.5) is 0 Å². The fourth-order valence-corrected chi connectivity index (χ4v) is 2.72. The Morgan fingerprint density at radius 1 is 1.14 bits per heavy atom. The third kappa shape index (κ3) is 4.74. The molecule has 0 aromatic heterocycles. The molecule has 1 aliphatic rings. The lowest BCUT2D eigenvalue weighted by atomic mass is 9.80. The molecular formula is C17H24O4. The lowest BCUT2D eigenvalue weighted by molar-refractivity contribution is -0.00909. The highest BCUT2D eigenvalue weighted by Crippen LogP contribution is 2.30. The molecule has 0 spiro atoms. The van der Waals surface area contributed by atoms with Gasteiger partial charge in [-0.15, -0.1) is 0 Å². The SMILES string of the molecule is CC1CCC(OCCOc2ccc(C(=O)O)cc2)CC1C. The molecule has 21 heavy (non-hydrogen) atoms. The Labute approximate surface area is 126 Å². The highest BCUT2D eigenvalue weighted by molar-refractivity contribution is 5.87. The van der Waals surface area contributed by atoms with Gasteiger partial charge in [-0.25, -0.2) is 4.79 Å². The highest BCUT2D eigenvalue weighted by atomic mass is 16.5. The van der Waals surface area contributed by atoms with Gasteiger partial charge in [0, 0.05) is 0 Å².